The maximum absolute atomic E-state index is 14.1. The van der Waals surface area contributed by atoms with Gasteiger partial charge in [-0.2, -0.15) is 5.10 Å². The molecule has 2 bridgehead atoms. The Morgan fingerprint density at radius 1 is 1.15 bits per heavy atom. The zero-order chi connectivity index (χ0) is 18.7. The van der Waals surface area contributed by atoms with Gasteiger partial charge in [-0.05, 0) is 49.8 Å². The van der Waals surface area contributed by atoms with Gasteiger partial charge in [0.05, 0.1) is 11.6 Å². The molecule has 1 saturated carbocycles. The first-order valence-corrected chi connectivity index (χ1v) is 9.45. The number of nitrogens with zero attached hydrogens (tertiary/aromatic N) is 4. The molecule has 2 atom stereocenters. The SMILES string of the molecule is O=C(c1cc(F)ccc1F)N1C2CCC1Cn1c(nn(CC3CC3)c1=O)C2. The summed E-state index contributed by atoms with van der Waals surface area (Å²) >= 11 is 0. The average Bonchev–Trinajstić information content (AvgIpc) is 3.33. The van der Waals surface area contributed by atoms with Crippen LogP contribution in [0, 0.1) is 17.6 Å². The lowest BCUT2D eigenvalue weighted by Crippen LogP contribution is -2.43. The van der Waals surface area contributed by atoms with E-state index in [4.69, 9.17) is 0 Å². The Labute approximate surface area is 154 Å². The molecule has 6 nitrogen and oxygen atoms in total. The lowest BCUT2D eigenvalue weighted by Gasteiger charge is -2.28. The summed E-state index contributed by atoms with van der Waals surface area (Å²) in [7, 11) is 0. The second-order valence-electron chi connectivity index (χ2n) is 7.86. The molecule has 1 aromatic heterocycles. The van der Waals surface area contributed by atoms with Crippen LogP contribution in [0.5, 0.6) is 0 Å². The number of benzene rings is 1. The van der Waals surface area contributed by atoms with Crippen molar-refractivity contribution in [3.8, 4) is 0 Å². The summed E-state index contributed by atoms with van der Waals surface area (Å²) in [5.74, 6) is -0.645. The number of carbonyl (C=O) groups is 1. The summed E-state index contributed by atoms with van der Waals surface area (Å²) in [6, 6.07) is 2.57. The van der Waals surface area contributed by atoms with E-state index < -0.39 is 17.5 Å². The highest BCUT2D eigenvalue weighted by molar-refractivity contribution is 5.95. The van der Waals surface area contributed by atoms with Gasteiger partial charge in [-0.3, -0.25) is 9.36 Å². The van der Waals surface area contributed by atoms with E-state index in [1.54, 1.807) is 14.1 Å². The Morgan fingerprint density at radius 3 is 2.70 bits per heavy atom. The minimum Gasteiger partial charge on any atom is -0.330 e. The molecule has 0 spiro atoms. The van der Waals surface area contributed by atoms with Crippen molar-refractivity contribution in [2.24, 2.45) is 5.92 Å². The van der Waals surface area contributed by atoms with Crippen LogP contribution in [0.25, 0.3) is 0 Å². The number of amides is 1. The highest BCUT2D eigenvalue weighted by Crippen LogP contribution is 2.33. The van der Waals surface area contributed by atoms with Crippen molar-refractivity contribution >= 4 is 5.91 Å². The van der Waals surface area contributed by atoms with E-state index in [1.807, 2.05) is 0 Å². The molecule has 142 valence electrons. The van der Waals surface area contributed by atoms with Gasteiger partial charge in [0.25, 0.3) is 5.91 Å². The van der Waals surface area contributed by atoms with Crippen LogP contribution < -0.4 is 5.69 Å². The Kier molecular flexibility index (Phi) is 3.70. The molecule has 1 saturated heterocycles. The van der Waals surface area contributed by atoms with Gasteiger partial charge in [-0.15, -0.1) is 0 Å². The van der Waals surface area contributed by atoms with Gasteiger partial charge in [-0.1, -0.05) is 0 Å². The van der Waals surface area contributed by atoms with Crippen molar-refractivity contribution in [2.75, 3.05) is 0 Å². The zero-order valence-corrected chi connectivity index (χ0v) is 14.8. The predicted octanol–water partition coefficient (Wildman–Crippen LogP) is 1.96. The fourth-order valence-corrected chi connectivity index (χ4v) is 4.38. The molecule has 8 heteroatoms. The number of hydrogen-bond acceptors (Lipinski definition) is 3. The van der Waals surface area contributed by atoms with E-state index in [0.29, 0.717) is 31.3 Å². The number of hydrogen-bond donors (Lipinski definition) is 0. The number of halogens is 2. The van der Waals surface area contributed by atoms with Gasteiger partial charge in [0.15, 0.2) is 0 Å². The van der Waals surface area contributed by atoms with Crippen LogP contribution in [0.4, 0.5) is 8.78 Å². The van der Waals surface area contributed by atoms with Gasteiger partial charge in [0, 0.05) is 25.6 Å². The van der Waals surface area contributed by atoms with E-state index in [-0.39, 0.29) is 23.3 Å². The van der Waals surface area contributed by atoms with Crippen molar-refractivity contribution in [3.63, 3.8) is 0 Å². The summed E-state index contributed by atoms with van der Waals surface area (Å²) < 4.78 is 30.9. The maximum atomic E-state index is 14.1. The molecule has 0 N–H and O–H groups in total. The number of rotatable bonds is 3. The van der Waals surface area contributed by atoms with Crippen molar-refractivity contribution in [3.05, 3.63) is 51.7 Å². The number of carbonyl (C=O) groups excluding carboxylic acids is 1. The standard InChI is InChI=1S/C19H20F2N4O2/c20-12-3-6-16(21)15(7-12)18(26)25-13-4-5-14(25)10-23-17(8-13)22-24(19(23)27)9-11-1-2-11/h3,6-7,11,13-14H,1-2,4-5,8-10H2. The Bertz CT molecular complexity index is 979. The molecule has 2 fully saturated rings. The number of aromatic nitrogens is 3. The fourth-order valence-electron chi connectivity index (χ4n) is 4.38. The van der Waals surface area contributed by atoms with Crippen molar-refractivity contribution in [1.29, 1.82) is 0 Å². The minimum absolute atomic E-state index is 0.131. The molecule has 27 heavy (non-hydrogen) atoms. The van der Waals surface area contributed by atoms with Crippen LogP contribution in [0.3, 0.4) is 0 Å². The molecule has 3 heterocycles. The lowest BCUT2D eigenvalue weighted by atomic mass is 10.1. The van der Waals surface area contributed by atoms with Gasteiger partial charge in [-0.25, -0.2) is 18.3 Å². The first kappa shape index (κ1) is 16.6. The molecule has 5 rings (SSSR count). The topological polar surface area (TPSA) is 60.1 Å². The van der Waals surface area contributed by atoms with Crippen LogP contribution in [0.15, 0.2) is 23.0 Å². The third kappa shape index (κ3) is 2.78. The molecule has 3 aliphatic rings. The van der Waals surface area contributed by atoms with Gasteiger partial charge in [0.2, 0.25) is 0 Å². The summed E-state index contributed by atoms with van der Waals surface area (Å²) in [6.45, 7) is 1.02. The zero-order valence-electron chi connectivity index (χ0n) is 14.8. The van der Waals surface area contributed by atoms with E-state index in [9.17, 15) is 18.4 Å². The van der Waals surface area contributed by atoms with Crippen molar-refractivity contribution in [1.82, 2.24) is 19.2 Å². The van der Waals surface area contributed by atoms with Crippen molar-refractivity contribution < 1.29 is 13.6 Å². The van der Waals surface area contributed by atoms with Gasteiger partial charge < -0.3 is 4.90 Å². The monoisotopic (exact) mass is 374 g/mol. The van der Waals surface area contributed by atoms with E-state index >= 15 is 0 Å². The van der Waals surface area contributed by atoms with Crippen LogP contribution in [0.1, 0.15) is 41.9 Å². The van der Waals surface area contributed by atoms with E-state index in [1.165, 1.54) is 0 Å². The average molecular weight is 374 g/mol. The highest BCUT2D eigenvalue weighted by atomic mass is 19.1. The smallest absolute Gasteiger partial charge is 0.330 e. The molecular weight excluding hydrogens is 354 g/mol. The Balaban J connectivity index is 1.46. The molecule has 1 amide bonds. The third-order valence-electron chi connectivity index (χ3n) is 5.95. The first-order chi connectivity index (χ1) is 13.0. The van der Waals surface area contributed by atoms with Crippen LogP contribution >= 0.6 is 0 Å². The van der Waals surface area contributed by atoms with E-state index in [2.05, 4.69) is 5.10 Å². The maximum Gasteiger partial charge on any atom is 0.345 e. The molecule has 0 radical (unpaired) electrons. The third-order valence-corrected chi connectivity index (χ3v) is 5.95. The van der Waals surface area contributed by atoms with Gasteiger partial charge in [0.1, 0.15) is 17.5 Å². The summed E-state index contributed by atoms with van der Waals surface area (Å²) in [5.41, 5.74) is -0.383. The molecule has 1 aromatic carbocycles. The van der Waals surface area contributed by atoms with E-state index in [0.717, 1.165) is 43.9 Å². The molecule has 2 unspecified atom stereocenters. The van der Waals surface area contributed by atoms with Crippen LogP contribution in [-0.2, 0) is 19.5 Å². The second kappa shape index (κ2) is 6.00. The molecule has 2 aromatic rings. The summed E-state index contributed by atoms with van der Waals surface area (Å²) in [6.07, 6.45) is 4.26. The molecular formula is C19H20F2N4O2. The largest absolute Gasteiger partial charge is 0.345 e. The molecule has 1 aliphatic carbocycles. The Morgan fingerprint density at radius 2 is 1.93 bits per heavy atom. The van der Waals surface area contributed by atoms with Crippen molar-refractivity contribution in [2.45, 2.75) is 57.3 Å². The quantitative estimate of drug-likeness (QED) is 0.825. The highest BCUT2D eigenvalue weighted by Gasteiger charge is 2.42. The summed E-state index contributed by atoms with van der Waals surface area (Å²) in [5, 5.41) is 4.50. The lowest BCUT2D eigenvalue weighted by molar-refractivity contribution is 0.0659. The minimum atomic E-state index is -0.727. The normalized spacial score (nSPS) is 24.0. The van der Waals surface area contributed by atoms with Crippen LogP contribution in [-0.4, -0.2) is 37.2 Å². The predicted molar refractivity (Wildman–Crippen MR) is 92.3 cm³/mol. The molecule has 2 aliphatic heterocycles. The fraction of sp³-hybridized carbons (Fsp3) is 0.526. The van der Waals surface area contributed by atoms with Gasteiger partial charge >= 0.3 is 5.69 Å². The second-order valence-corrected chi connectivity index (χ2v) is 7.86. The first-order valence-electron chi connectivity index (χ1n) is 9.45. The Hall–Kier alpha value is -2.51. The number of fused-ring (bicyclic) bond motifs is 3. The summed E-state index contributed by atoms with van der Waals surface area (Å²) in [4.78, 5) is 27.3. The van der Waals surface area contributed by atoms with Crippen LogP contribution in [0.2, 0.25) is 0 Å².